The van der Waals surface area contributed by atoms with Gasteiger partial charge in [-0.25, -0.2) is 8.42 Å². The highest BCUT2D eigenvalue weighted by molar-refractivity contribution is 8.00. The Balaban J connectivity index is 1.31. The third-order valence-corrected chi connectivity index (χ3v) is 8.07. The molecule has 4 rings (SSSR count). The van der Waals surface area contributed by atoms with Crippen molar-refractivity contribution in [3.05, 3.63) is 69.8 Å². The molecule has 0 aromatic heterocycles. The van der Waals surface area contributed by atoms with Crippen molar-refractivity contribution < 1.29 is 8.42 Å². The summed E-state index contributed by atoms with van der Waals surface area (Å²) in [4.78, 5) is 9.74. The smallest absolute Gasteiger partial charge is 0.264 e. The molecule has 1 fully saturated rings. The fourth-order valence-electron chi connectivity index (χ4n) is 4.41. The van der Waals surface area contributed by atoms with E-state index < -0.39 is 10.0 Å². The predicted octanol–water partition coefficient (Wildman–Crippen LogP) is 4.23. The molecule has 2 aromatic rings. The van der Waals surface area contributed by atoms with E-state index in [2.05, 4.69) is 32.5 Å². The number of piperazine rings is 1. The van der Waals surface area contributed by atoms with E-state index >= 15 is 0 Å². The molecule has 0 spiro atoms. The molecule has 0 atom stereocenters. The summed E-state index contributed by atoms with van der Waals surface area (Å²) in [6.07, 6.45) is 0.883. The van der Waals surface area contributed by atoms with Gasteiger partial charge in [0.15, 0.2) is 0 Å². The number of amidine groups is 1. The van der Waals surface area contributed by atoms with Crippen molar-refractivity contribution in [2.75, 3.05) is 44.2 Å². The summed E-state index contributed by atoms with van der Waals surface area (Å²) < 4.78 is 28.0. The maximum Gasteiger partial charge on any atom is 0.264 e. The summed E-state index contributed by atoms with van der Waals surface area (Å²) in [6, 6.07) is 13.6. The molecule has 0 bridgehead atoms. The van der Waals surface area contributed by atoms with E-state index in [1.54, 1.807) is 0 Å². The number of benzene rings is 2. The second kappa shape index (κ2) is 9.87. The Labute approximate surface area is 202 Å². The van der Waals surface area contributed by atoms with Gasteiger partial charge < -0.3 is 4.90 Å². The average Bonchev–Trinajstić information content (AvgIpc) is 3.02. The van der Waals surface area contributed by atoms with Crippen LogP contribution in [-0.2, 0) is 10.0 Å². The van der Waals surface area contributed by atoms with Crippen molar-refractivity contribution in [1.29, 1.82) is 0 Å². The summed E-state index contributed by atoms with van der Waals surface area (Å²) in [7, 11) is -3.57. The average molecular weight is 487 g/mol. The van der Waals surface area contributed by atoms with Crippen LogP contribution >= 0.6 is 11.6 Å². The van der Waals surface area contributed by atoms with E-state index in [0.717, 1.165) is 49.7 Å². The lowest BCUT2D eigenvalue weighted by Gasteiger charge is -2.36. The van der Waals surface area contributed by atoms with Crippen molar-refractivity contribution in [2.45, 2.75) is 27.2 Å². The number of rotatable bonds is 6. The zero-order valence-corrected chi connectivity index (χ0v) is 21.0. The zero-order chi connectivity index (χ0) is 23.6. The van der Waals surface area contributed by atoms with Gasteiger partial charge in [-0.15, -0.1) is 0 Å². The maximum absolute atomic E-state index is 12.7. The number of aryl methyl sites for hydroxylation is 2. The van der Waals surface area contributed by atoms with Crippen LogP contribution in [0.1, 0.15) is 30.0 Å². The van der Waals surface area contributed by atoms with Gasteiger partial charge in [-0.2, -0.15) is 0 Å². The number of hydrogen-bond donors (Lipinski definition) is 1. The first-order chi connectivity index (χ1) is 15.7. The van der Waals surface area contributed by atoms with Crippen LogP contribution in [0.2, 0.25) is 5.02 Å². The van der Waals surface area contributed by atoms with Gasteiger partial charge in [-0.3, -0.25) is 14.6 Å². The highest BCUT2D eigenvalue weighted by Gasteiger charge is 2.32. The lowest BCUT2D eigenvalue weighted by Crippen LogP contribution is -2.47. The summed E-state index contributed by atoms with van der Waals surface area (Å²) in [5.74, 6) is 0.465. The van der Waals surface area contributed by atoms with Crippen LogP contribution in [0, 0.1) is 13.8 Å². The molecule has 0 saturated carbocycles. The number of aliphatic imine (C=N–C) groups is 1. The van der Waals surface area contributed by atoms with Crippen LogP contribution in [0.5, 0.6) is 0 Å². The molecule has 33 heavy (non-hydrogen) atoms. The van der Waals surface area contributed by atoms with Gasteiger partial charge in [0, 0.05) is 55.6 Å². The molecule has 176 valence electrons. The van der Waals surface area contributed by atoms with Crippen LogP contribution in [0.25, 0.3) is 4.91 Å². The number of nitrogens with one attached hydrogen (secondary N) is 1. The summed E-state index contributed by atoms with van der Waals surface area (Å²) in [5, 5.41) is 0.773. The molecule has 2 heterocycles. The summed E-state index contributed by atoms with van der Waals surface area (Å²) >= 11 is 6.19. The molecular formula is C25H31ClN4O2S. The number of nitrogens with zero attached hydrogens (tertiary/aromatic N) is 3. The highest BCUT2D eigenvalue weighted by atomic mass is 35.5. The van der Waals surface area contributed by atoms with Gasteiger partial charge in [-0.05, 0) is 50.5 Å². The normalized spacial score (nSPS) is 19.9. The minimum absolute atomic E-state index is 0.327. The maximum atomic E-state index is 12.7. The molecule has 0 radical (unpaired) electrons. The molecule has 1 N–H and O–H groups in total. The standard InChI is InChI=1S/C25H31ClN4O2S/c1-18-5-8-21(9-6-18)24-20(3)25(28-33(24,31)32)27-11-4-12-29-13-15-30(16-14-29)23-17-22(26)10-7-19(23)2/h5-10,17H,4,11-16H2,1-3H3,(H,27,28). The van der Waals surface area contributed by atoms with Crippen molar-refractivity contribution in [1.82, 2.24) is 9.62 Å². The first kappa shape index (κ1) is 23.8. The number of anilines is 1. The van der Waals surface area contributed by atoms with Crippen molar-refractivity contribution in [3.63, 3.8) is 0 Å². The van der Waals surface area contributed by atoms with Crippen LogP contribution in [0.15, 0.2) is 53.0 Å². The number of hydrogen-bond acceptors (Lipinski definition) is 5. The Morgan fingerprint density at radius 3 is 2.39 bits per heavy atom. The van der Waals surface area contributed by atoms with Crippen molar-refractivity contribution in [2.24, 2.45) is 4.99 Å². The molecule has 6 nitrogen and oxygen atoms in total. The van der Waals surface area contributed by atoms with Crippen molar-refractivity contribution in [3.8, 4) is 0 Å². The van der Waals surface area contributed by atoms with E-state index in [1.807, 2.05) is 50.2 Å². The Bertz CT molecular complexity index is 1180. The van der Waals surface area contributed by atoms with Crippen LogP contribution in [0.3, 0.4) is 0 Å². The van der Waals surface area contributed by atoms with E-state index in [-0.39, 0.29) is 0 Å². The molecule has 8 heteroatoms. The fourth-order valence-corrected chi connectivity index (χ4v) is 6.10. The Morgan fingerprint density at radius 2 is 1.70 bits per heavy atom. The van der Waals surface area contributed by atoms with Crippen LogP contribution in [0.4, 0.5) is 5.69 Å². The minimum atomic E-state index is -3.57. The summed E-state index contributed by atoms with van der Waals surface area (Å²) in [5.41, 5.74) is 4.94. The zero-order valence-electron chi connectivity index (χ0n) is 19.4. The lowest BCUT2D eigenvalue weighted by molar-refractivity contribution is 0.256. The van der Waals surface area contributed by atoms with Crippen LogP contribution < -0.4 is 9.62 Å². The number of sulfonamides is 1. The Morgan fingerprint density at radius 1 is 1.00 bits per heavy atom. The quantitative estimate of drug-likeness (QED) is 0.620. The highest BCUT2D eigenvalue weighted by Crippen LogP contribution is 2.30. The van der Waals surface area contributed by atoms with E-state index in [9.17, 15) is 8.42 Å². The van der Waals surface area contributed by atoms with E-state index in [4.69, 9.17) is 11.6 Å². The largest absolute Gasteiger partial charge is 0.369 e. The Hall–Kier alpha value is -2.35. The van der Waals surface area contributed by atoms with Crippen molar-refractivity contribution >= 4 is 38.1 Å². The second-order valence-corrected chi connectivity index (χ2v) is 10.8. The van der Waals surface area contributed by atoms with Gasteiger partial charge in [0.1, 0.15) is 10.7 Å². The molecule has 2 aliphatic rings. The van der Waals surface area contributed by atoms with Gasteiger partial charge in [0.05, 0.1) is 0 Å². The Kier molecular flexibility index (Phi) is 7.12. The molecule has 2 aromatic carbocycles. The van der Waals surface area contributed by atoms with E-state index in [0.29, 0.717) is 28.4 Å². The first-order valence-corrected chi connectivity index (χ1v) is 13.2. The third kappa shape index (κ3) is 5.42. The first-order valence-electron chi connectivity index (χ1n) is 11.3. The third-order valence-electron chi connectivity index (χ3n) is 6.30. The second-order valence-electron chi connectivity index (χ2n) is 8.77. The molecule has 0 aliphatic carbocycles. The molecule has 2 aliphatic heterocycles. The fraction of sp³-hybridized carbons (Fsp3) is 0.400. The SMILES string of the molecule is CC1=C(c2ccc(C)cc2)S(=O)(=O)NC1=NCCCN1CCN(c2cc(Cl)ccc2C)CC1. The molecule has 0 unspecified atom stereocenters. The minimum Gasteiger partial charge on any atom is -0.369 e. The lowest BCUT2D eigenvalue weighted by atomic mass is 10.1. The topological polar surface area (TPSA) is 65.0 Å². The van der Waals surface area contributed by atoms with Gasteiger partial charge in [0.2, 0.25) is 0 Å². The monoisotopic (exact) mass is 486 g/mol. The molecule has 0 amide bonds. The summed E-state index contributed by atoms with van der Waals surface area (Å²) in [6.45, 7) is 11.4. The van der Waals surface area contributed by atoms with Gasteiger partial charge >= 0.3 is 0 Å². The molecule has 1 saturated heterocycles. The van der Waals surface area contributed by atoms with E-state index in [1.165, 1.54) is 11.3 Å². The molecular weight excluding hydrogens is 456 g/mol. The van der Waals surface area contributed by atoms with Gasteiger partial charge in [0.25, 0.3) is 10.0 Å². The predicted molar refractivity (Wildman–Crippen MR) is 138 cm³/mol. The van der Waals surface area contributed by atoms with Gasteiger partial charge in [-0.1, -0.05) is 47.5 Å². The van der Waals surface area contributed by atoms with Crippen LogP contribution in [-0.4, -0.2) is 58.4 Å². The number of halogens is 1.